The van der Waals surface area contributed by atoms with Crippen molar-refractivity contribution in [2.75, 3.05) is 26.2 Å². The maximum Gasteiger partial charge on any atom is 0.278 e. The van der Waals surface area contributed by atoms with Crippen molar-refractivity contribution in [3.8, 4) is 11.4 Å². The summed E-state index contributed by atoms with van der Waals surface area (Å²) in [6.45, 7) is 3.64. The molecule has 7 nitrogen and oxygen atoms in total. The number of hydrogen-bond acceptors (Lipinski definition) is 4. The quantitative estimate of drug-likeness (QED) is 0.634. The summed E-state index contributed by atoms with van der Waals surface area (Å²) in [5.74, 6) is -0.255. The van der Waals surface area contributed by atoms with E-state index in [9.17, 15) is 14.0 Å². The highest BCUT2D eigenvalue weighted by Crippen LogP contribution is 2.23. The van der Waals surface area contributed by atoms with Crippen LogP contribution in [0.25, 0.3) is 5.69 Å². The fourth-order valence-electron chi connectivity index (χ4n) is 3.45. The fraction of sp³-hybridized carbons (Fsp3) is 0.261. The molecule has 0 spiro atoms. The molecule has 4 rings (SSSR count). The second kappa shape index (κ2) is 8.99. The van der Waals surface area contributed by atoms with Gasteiger partial charge in [0.1, 0.15) is 12.4 Å². The molecule has 0 aliphatic carbocycles. The van der Waals surface area contributed by atoms with E-state index in [1.54, 1.807) is 28.1 Å². The van der Waals surface area contributed by atoms with Gasteiger partial charge in [-0.3, -0.25) is 9.59 Å². The van der Waals surface area contributed by atoms with Crippen LogP contribution in [0.2, 0.25) is 0 Å². The molecule has 1 aliphatic heterocycles. The molecule has 2 amide bonds. The number of rotatable bonds is 5. The second-order valence-corrected chi connectivity index (χ2v) is 7.34. The van der Waals surface area contributed by atoms with Crippen LogP contribution in [-0.2, 0) is 11.4 Å². The van der Waals surface area contributed by atoms with Crippen molar-refractivity contribution in [2.24, 2.45) is 0 Å². The van der Waals surface area contributed by atoms with Gasteiger partial charge in [-0.05, 0) is 29.8 Å². The van der Waals surface area contributed by atoms with E-state index in [1.807, 2.05) is 30.3 Å². The van der Waals surface area contributed by atoms with Gasteiger partial charge in [-0.15, -0.1) is 0 Å². The molecule has 0 atom stereocenters. The normalized spacial score (nSPS) is 13.9. The third-order valence-electron chi connectivity index (χ3n) is 5.22. The molecule has 1 fully saturated rings. The van der Waals surface area contributed by atoms with Crippen LogP contribution < -0.4 is 4.74 Å². The SMILES string of the molecule is CC(=O)N1CCN(C(=O)c2nn(-c3ccc(F)cc3)cc2OCc2ccccc2)CC1. The van der Waals surface area contributed by atoms with Crippen molar-refractivity contribution < 1.29 is 18.7 Å². The zero-order valence-corrected chi connectivity index (χ0v) is 17.2. The fourth-order valence-corrected chi connectivity index (χ4v) is 3.45. The first-order valence-corrected chi connectivity index (χ1v) is 10.1. The van der Waals surface area contributed by atoms with Gasteiger partial charge in [0.2, 0.25) is 5.91 Å². The highest BCUT2D eigenvalue weighted by Gasteiger charge is 2.28. The summed E-state index contributed by atoms with van der Waals surface area (Å²) in [5.41, 5.74) is 1.77. The Labute approximate surface area is 179 Å². The smallest absolute Gasteiger partial charge is 0.278 e. The number of ether oxygens (including phenoxy) is 1. The number of hydrogen-bond donors (Lipinski definition) is 0. The third-order valence-corrected chi connectivity index (χ3v) is 5.22. The molecule has 160 valence electrons. The molecule has 31 heavy (non-hydrogen) atoms. The Bertz CT molecular complexity index is 1060. The van der Waals surface area contributed by atoms with Crippen molar-refractivity contribution in [3.63, 3.8) is 0 Å². The van der Waals surface area contributed by atoms with Gasteiger partial charge in [0.25, 0.3) is 5.91 Å². The minimum absolute atomic E-state index is 0.000398. The highest BCUT2D eigenvalue weighted by molar-refractivity contribution is 5.95. The van der Waals surface area contributed by atoms with Gasteiger partial charge in [-0.2, -0.15) is 5.10 Å². The number of aromatic nitrogens is 2. The van der Waals surface area contributed by atoms with Crippen LogP contribution in [0.4, 0.5) is 4.39 Å². The second-order valence-electron chi connectivity index (χ2n) is 7.34. The maximum absolute atomic E-state index is 13.3. The van der Waals surface area contributed by atoms with Gasteiger partial charge >= 0.3 is 0 Å². The van der Waals surface area contributed by atoms with Gasteiger partial charge in [-0.1, -0.05) is 30.3 Å². The molecule has 0 bridgehead atoms. The maximum atomic E-state index is 13.3. The Morgan fingerprint density at radius 2 is 1.61 bits per heavy atom. The van der Waals surface area contributed by atoms with Crippen LogP contribution in [0, 0.1) is 5.82 Å². The van der Waals surface area contributed by atoms with Crippen molar-refractivity contribution in [3.05, 3.63) is 77.9 Å². The summed E-state index contributed by atoms with van der Waals surface area (Å²) >= 11 is 0. The Hall–Kier alpha value is -3.68. The summed E-state index contributed by atoms with van der Waals surface area (Å²) in [7, 11) is 0. The topological polar surface area (TPSA) is 67.7 Å². The average Bonchev–Trinajstić information content (AvgIpc) is 3.22. The number of amides is 2. The molecule has 0 N–H and O–H groups in total. The van der Waals surface area contributed by atoms with Crippen molar-refractivity contribution in [1.82, 2.24) is 19.6 Å². The van der Waals surface area contributed by atoms with E-state index in [0.29, 0.717) is 37.6 Å². The van der Waals surface area contributed by atoms with Crippen LogP contribution in [0.3, 0.4) is 0 Å². The number of piperazine rings is 1. The van der Waals surface area contributed by atoms with Crippen molar-refractivity contribution in [2.45, 2.75) is 13.5 Å². The van der Waals surface area contributed by atoms with Gasteiger partial charge in [0, 0.05) is 33.1 Å². The van der Waals surface area contributed by atoms with Crippen LogP contribution in [0.5, 0.6) is 5.75 Å². The van der Waals surface area contributed by atoms with E-state index in [2.05, 4.69) is 5.10 Å². The van der Waals surface area contributed by atoms with Gasteiger partial charge in [-0.25, -0.2) is 9.07 Å². The molecule has 2 aromatic carbocycles. The number of halogens is 1. The summed E-state index contributed by atoms with van der Waals surface area (Å²) in [6, 6.07) is 15.5. The van der Waals surface area contributed by atoms with Crippen LogP contribution >= 0.6 is 0 Å². The van der Waals surface area contributed by atoms with Crippen LogP contribution in [-0.4, -0.2) is 57.6 Å². The predicted octanol–water partition coefficient (Wildman–Crippen LogP) is 2.89. The van der Waals surface area contributed by atoms with Crippen molar-refractivity contribution >= 4 is 11.8 Å². The van der Waals surface area contributed by atoms with E-state index >= 15 is 0 Å². The minimum Gasteiger partial charge on any atom is -0.485 e. The summed E-state index contributed by atoms with van der Waals surface area (Å²) in [6.07, 6.45) is 1.63. The molecule has 0 radical (unpaired) electrons. The van der Waals surface area contributed by atoms with Crippen LogP contribution in [0.15, 0.2) is 60.8 Å². The number of benzene rings is 2. The monoisotopic (exact) mass is 422 g/mol. The molecule has 1 aromatic heterocycles. The van der Waals surface area contributed by atoms with E-state index in [4.69, 9.17) is 4.74 Å². The lowest BCUT2D eigenvalue weighted by atomic mass is 10.2. The first-order chi connectivity index (χ1) is 15.0. The largest absolute Gasteiger partial charge is 0.485 e. The summed E-state index contributed by atoms with van der Waals surface area (Å²) in [5, 5.41) is 4.45. The first kappa shape index (κ1) is 20.6. The first-order valence-electron chi connectivity index (χ1n) is 10.1. The molecule has 3 aromatic rings. The lowest BCUT2D eigenvalue weighted by molar-refractivity contribution is -0.130. The Kier molecular flexibility index (Phi) is 5.97. The van der Waals surface area contributed by atoms with E-state index in [0.717, 1.165) is 5.56 Å². The summed E-state index contributed by atoms with van der Waals surface area (Å²) < 4.78 is 20.8. The predicted molar refractivity (Wildman–Crippen MR) is 112 cm³/mol. The van der Waals surface area contributed by atoms with E-state index in [1.165, 1.54) is 23.7 Å². The number of nitrogens with zero attached hydrogens (tertiary/aromatic N) is 4. The van der Waals surface area contributed by atoms with Crippen molar-refractivity contribution in [1.29, 1.82) is 0 Å². The lowest BCUT2D eigenvalue weighted by Gasteiger charge is -2.33. The van der Waals surface area contributed by atoms with Gasteiger partial charge in [0.05, 0.1) is 11.9 Å². The Morgan fingerprint density at radius 1 is 0.968 bits per heavy atom. The van der Waals surface area contributed by atoms with Gasteiger partial charge in [0.15, 0.2) is 11.4 Å². The zero-order chi connectivity index (χ0) is 21.8. The lowest BCUT2D eigenvalue weighted by Crippen LogP contribution is -2.50. The molecule has 0 saturated carbocycles. The van der Waals surface area contributed by atoms with Crippen LogP contribution in [0.1, 0.15) is 23.0 Å². The average molecular weight is 422 g/mol. The molecule has 0 unspecified atom stereocenters. The molecular weight excluding hydrogens is 399 g/mol. The number of carbonyl (C=O) groups excluding carboxylic acids is 2. The molecular formula is C23H23FN4O3. The minimum atomic E-state index is -0.351. The standard InChI is InChI=1S/C23H23FN4O3/c1-17(29)26-11-13-27(14-12-26)23(30)22-21(31-16-18-5-3-2-4-6-18)15-28(25-22)20-9-7-19(24)8-10-20/h2-10,15H,11-14,16H2,1H3. The zero-order valence-electron chi connectivity index (χ0n) is 17.2. The third kappa shape index (κ3) is 4.74. The molecule has 1 aliphatic rings. The van der Waals surface area contributed by atoms with E-state index in [-0.39, 0.29) is 29.9 Å². The number of carbonyl (C=O) groups is 2. The molecule has 2 heterocycles. The highest BCUT2D eigenvalue weighted by atomic mass is 19.1. The molecule has 1 saturated heterocycles. The van der Waals surface area contributed by atoms with Gasteiger partial charge < -0.3 is 14.5 Å². The molecule has 8 heteroatoms. The Morgan fingerprint density at radius 3 is 2.26 bits per heavy atom. The van der Waals surface area contributed by atoms with E-state index < -0.39 is 0 Å². The summed E-state index contributed by atoms with van der Waals surface area (Å²) in [4.78, 5) is 28.2. The Balaban J connectivity index is 1.58.